The van der Waals surface area contributed by atoms with Crippen molar-refractivity contribution < 1.29 is 0 Å². The molecular weight excluding hydrogens is 156 g/mol. The summed E-state index contributed by atoms with van der Waals surface area (Å²) in [7, 11) is 0. The molecule has 0 aliphatic heterocycles. The molecule has 1 radical (unpaired) electrons. The second kappa shape index (κ2) is 2.43. The largest absolute Gasteiger partial charge is 0.141 e. The van der Waals surface area contributed by atoms with E-state index < -0.39 is 0 Å². The number of thiophene rings is 1. The highest BCUT2D eigenvalue weighted by Crippen LogP contribution is 2.31. The summed E-state index contributed by atoms with van der Waals surface area (Å²) in [6.07, 6.45) is 0. The minimum Gasteiger partial charge on any atom is -0.141 e. The van der Waals surface area contributed by atoms with Gasteiger partial charge in [-0.25, -0.2) is 0 Å². The fourth-order valence-corrected chi connectivity index (χ4v) is 1.91. The fraction of sp³-hybridized carbons (Fsp3) is 0. The first-order chi connectivity index (χ1) is 5.42. The summed E-state index contributed by atoms with van der Waals surface area (Å²) in [4.78, 5) is 0. The molecule has 2 nitrogen and oxygen atoms in total. The van der Waals surface area contributed by atoms with Crippen LogP contribution in [0, 0.1) is 0 Å². The number of fused-ring (bicyclic) bond motifs is 1. The van der Waals surface area contributed by atoms with Crippen LogP contribution in [-0.4, -0.2) is 0 Å². The average molecular weight is 161 g/mol. The Morgan fingerprint density at radius 3 is 2.91 bits per heavy atom. The number of benzene rings is 1. The minimum atomic E-state index is 0.658. The lowest BCUT2D eigenvalue weighted by molar-refractivity contribution is 1.33. The SMILES string of the molecule is [N]=Nc1csc2ccccc12. The van der Waals surface area contributed by atoms with Crippen molar-refractivity contribution in [3.05, 3.63) is 29.6 Å². The first-order valence-electron chi connectivity index (χ1n) is 3.23. The van der Waals surface area contributed by atoms with Crippen LogP contribution in [0.4, 0.5) is 5.69 Å². The smallest absolute Gasteiger partial charge is 0.106 e. The molecule has 0 bridgehead atoms. The monoisotopic (exact) mass is 161 g/mol. The quantitative estimate of drug-likeness (QED) is 0.576. The second-order valence-corrected chi connectivity index (χ2v) is 3.13. The van der Waals surface area contributed by atoms with Crippen LogP contribution >= 0.6 is 11.3 Å². The van der Waals surface area contributed by atoms with E-state index in [2.05, 4.69) is 5.11 Å². The van der Waals surface area contributed by atoms with Crippen molar-refractivity contribution in [3.63, 3.8) is 0 Å². The zero-order chi connectivity index (χ0) is 7.68. The molecule has 1 aromatic heterocycles. The number of hydrogen-bond acceptors (Lipinski definition) is 2. The van der Waals surface area contributed by atoms with E-state index in [1.54, 1.807) is 11.3 Å². The first kappa shape index (κ1) is 6.49. The van der Waals surface area contributed by atoms with Crippen molar-refractivity contribution in [2.24, 2.45) is 5.11 Å². The number of hydrogen-bond donors (Lipinski definition) is 0. The molecule has 0 saturated carbocycles. The molecule has 0 spiro atoms. The third kappa shape index (κ3) is 0.935. The Morgan fingerprint density at radius 1 is 1.27 bits per heavy atom. The van der Waals surface area contributed by atoms with Gasteiger partial charge < -0.3 is 0 Å². The van der Waals surface area contributed by atoms with Gasteiger partial charge in [-0.1, -0.05) is 18.2 Å². The Morgan fingerprint density at radius 2 is 2.09 bits per heavy atom. The zero-order valence-electron chi connectivity index (χ0n) is 5.69. The van der Waals surface area contributed by atoms with Crippen LogP contribution in [0.1, 0.15) is 0 Å². The van der Waals surface area contributed by atoms with Crippen molar-refractivity contribution in [2.45, 2.75) is 0 Å². The molecule has 0 saturated heterocycles. The van der Waals surface area contributed by atoms with Gasteiger partial charge in [-0.2, -0.15) is 0 Å². The van der Waals surface area contributed by atoms with E-state index in [-0.39, 0.29) is 0 Å². The van der Waals surface area contributed by atoms with Crippen molar-refractivity contribution in [3.8, 4) is 0 Å². The highest BCUT2D eigenvalue weighted by Gasteiger charge is 1.99. The average Bonchev–Trinajstić information content (AvgIpc) is 2.47. The maximum atomic E-state index is 8.56. The predicted octanol–water partition coefficient (Wildman–Crippen LogP) is 2.79. The second-order valence-electron chi connectivity index (χ2n) is 2.22. The molecule has 0 N–H and O–H groups in total. The predicted molar refractivity (Wildman–Crippen MR) is 46.0 cm³/mol. The van der Waals surface area contributed by atoms with E-state index in [0.29, 0.717) is 5.69 Å². The van der Waals surface area contributed by atoms with Crippen LogP contribution in [0.15, 0.2) is 34.8 Å². The van der Waals surface area contributed by atoms with E-state index in [1.807, 2.05) is 29.6 Å². The van der Waals surface area contributed by atoms with Crippen LogP contribution in [0.2, 0.25) is 0 Å². The van der Waals surface area contributed by atoms with Gasteiger partial charge >= 0.3 is 0 Å². The molecule has 0 unspecified atom stereocenters. The van der Waals surface area contributed by atoms with Gasteiger partial charge in [0.1, 0.15) is 5.69 Å². The highest BCUT2D eigenvalue weighted by molar-refractivity contribution is 7.17. The van der Waals surface area contributed by atoms with Crippen molar-refractivity contribution in [1.82, 2.24) is 5.53 Å². The minimum absolute atomic E-state index is 0.658. The van der Waals surface area contributed by atoms with Crippen molar-refractivity contribution >= 4 is 27.1 Å². The standard InChI is InChI=1S/C8H5N2S/c9-10-7-5-11-8-4-2-1-3-6(7)8/h1-5H. The molecular formula is C8H5N2S. The summed E-state index contributed by atoms with van der Waals surface area (Å²) in [5.41, 5.74) is 9.21. The Hall–Kier alpha value is -1.22. The van der Waals surface area contributed by atoms with Gasteiger partial charge in [-0.05, 0) is 11.6 Å². The maximum absolute atomic E-state index is 8.56. The van der Waals surface area contributed by atoms with Crippen LogP contribution in [0.5, 0.6) is 0 Å². The van der Waals surface area contributed by atoms with E-state index in [4.69, 9.17) is 5.53 Å². The number of nitrogens with zero attached hydrogens (tertiary/aromatic N) is 2. The van der Waals surface area contributed by atoms with Gasteiger partial charge in [0.15, 0.2) is 0 Å². The van der Waals surface area contributed by atoms with Gasteiger partial charge in [0.05, 0.1) is 0 Å². The fourth-order valence-electron chi connectivity index (χ4n) is 1.04. The van der Waals surface area contributed by atoms with Gasteiger partial charge in [0.25, 0.3) is 0 Å². The summed E-state index contributed by atoms with van der Waals surface area (Å²) in [6, 6.07) is 7.86. The molecule has 1 aromatic carbocycles. The van der Waals surface area contributed by atoms with Crippen LogP contribution in [-0.2, 0) is 0 Å². The summed E-state index contributed by atoms with van der Waals surface area (Å²) < 4.78 is 1.15. The normalized spacial score (nSPS) is 10.2. The Kier molecular flexibility index (Phi) is 1.43. The first-order valence-corrected chi connectivity index (χ1v) is 4.11. The lowest BCUT2D eigenvalue weighted by atomic mass is 10.2. The van der Waals surface area contributed by atoms with Crippen LogP contribution < -0.4 is 5.53 Å². The van der Waals surface area contributed by atoms with Gasteiger partial charge in [0, 0.05) is 15.5 Å². The summed E-state index contributed by atoms with van der Waals surface area (Å²) in [6.45, 7) is 0. The molecule has 11 heavy (non-hydrogen) atoms. The molecule has 53 valence electrons. The lowest BCUT2D eigenvalue weighted by Crippen LogP contribution is -1.60. The molecule has 0 fully saturated rings. The molecule has 0 amide bonds. The van der Waals surface area contributed by atoms with Crippen LogP contribution in [0.3, 0.4) is 0 Å². The van der Waals surface area contributed by atoms with Crippen molar-refractivity contribution in [2.75, 3.05) is 0 Å². The van der Waals surface area contributed by atoms with Crippen LogP contribution in [0.25, 0.3) is 10.1 Å². The molecule has 1 heterocycles. The molecule has 0 aliphatic rings. The maximum Gasteiger partial charge on any atom is 0.106 e. The molecule has 2 rings (SSSR count). The Bertz CT molecular complexity index is 392. The third-order valence-corrected chi connectivity index (χ3v) is 2.52. The molecule has 0 aliphatic carbocycles. The topological polar surface area (TPSA) is 34.7 Å². The summed E-state index contributed by atoms with van der Waals surface area (Å²) in [5, 5.41) is 6.02. The zero-order valence-corrected chi connectivity index (χ0v) is 6.51. The van der Waals surface area contributed by atoms with Gasteiger partial charge in [-0.3, -0.25) is 0 Å². The number of rotatable bonds is 1. The third-order valence-electron chi connectivity index (χ3n) is 1.57. The van der Waals surface area contributed by atoms with Crippen molar-refractivity contribution in [1.29, 1.82) is 0 Å². The highest BCUT2D eigenvalue weighted by atomic mass is 32.1. The molecule has 0 atom stereocenters. The van der Waals surface area contributed by atoms with E-state index >= 15 is 0 Å². The Labute approximate surface area is 68.0 Å². The molecule has 3 heteroatoms. The van der Waals surface area contributed by atoms with E-state index in [9.17, 15) is 0 Å². The molecule has 2 aromatic rings. The summed E-state index contributed by atoms with van der Waals surface area (Å²) >= 11 is 1.58. The lowest BCUT2D eigenvalue weighted by Gasteiger charge is -1.86. The van der Waals surface area contributed by atoms with Gasteiger partial charge in [-0.15, -0.1) is 16.5 Å². The Balaban J connectivity index is 2.86. The van der Waals surface area contributed by atoms with Gasteiger partial charge in [0.2, 0.25) is 0 Å². The summed E-state index contributed by atoms with van der Waals surface area (Å²) in [5.74, 6) is 0. The van der Waals surface area contributed by atoms with E-state index in [1.165, 1.54) is 0 Å². The van der Waals surface area contributed by atoms with E-state index in [0.717, 1.165) is 10.1 Å².